The molecule has 1 aromatic rings. The number of ether oxygens (including phenoxy) is 2. The van der Waals surface area contributed by atoms with Crippen molar-refractivity contribution in [1.82, 2.24) is 0 Å². The monoisotopic (exact) mass is 355 g/mol. The molecule has 3 nitrogen and oxygen atoms in total. The Balaban J connectivity index is 2.12. The number of halogens is 2. The van der Waals surface area contributed by atoms with Gasteiger partial charge >= 0.3 is 0 Å². The first-order valence-corrected chi connectivity index (χ1v) is 6.98. The predicted octanol–water partition coefficient (Wildman–Crippen LogP) is 2.69. The van der Waals surface area contributed by atoms with Gasteiger partial charge in [0.1, 0.15) is 6.10 Å². The van der Waals surface area contributed by atoms with E-state index in [9.17, 15) is 0 Å². The van der Waals surface area contributed by atoms with E-state index < -0.39 is 0 Å². The van der Waals surface area contributed by atoms with Crippen LogP contribution < -0.4 is 5.73 Å². The zero-order chi connectivity index (χ0) is 10.8. The van der Waals surface area contributed by atoms with Gasteiger partial charge in [0.05, 0.1) is 33.4 Å². The van der Waals surface area contributed by atoms with E-state index in [2.05, 4.69) is 31.9 Å². The zero-order valence-corrected chi connectivity index (χ0v) is 11.9. The van der Waals surface area contributed by atoms with Gasteiger partial charge in [-0.25, -0.2) is 0 Å². The molecule has 15 heavy (non-hydrogen) atoms. The molecule has 1 aromatic heterocycles. The van der Waals surface area contributed by atoms with E-state index in [-0.39, 0.29) is 12.1 Å². The molecule has 0 aliphatic carbocycles. The summed E-state index contributed by atoms with van der Waals surface area (Å²) >= 11 is 8.55. The van der Waals surface area contributed by atoms with E-state index in [1.165, 1.54) is 0 Å². The Kier molecular flexibility index (Phi) is 4.20. The van der Waals surface area contributed by atoms with Crippen molar-refractivity contribution >= 4 is 43.2 Å². The van der Waals surface area contributed by atoms with Crippen LogP contribution in [0, 0.1) is 0 Å². The number of hydrogen-bond donors (Lipinski definition) is 1. The first kappa shape index (κ1) is 12.0. The molecule has 0 bridgehead atoms. The summed E-state index contributed by atoms with van der Waals surface area (Å²) in [5, 5.41) is 0. The van der Waals surface area contributed by atoms with Crippen LogP contribution in [0.2, 0.25) is 0 Å². The standard InChI is InChI=1S/C9H11Br2NO2S/c10-7-3-5(9(11)15-7)8(12)6-4-13-1-2-14-6/h3,6,8H,1-2,4,12H2. The molecule has 2 heterocycles. The molecule has 0 spiro atoms. The van der Waals surface area contributed by atoms with Crippen molar-refractivity contribution in [1.29, 1.82) is 0 Å². The lowest BCUT2D eigenvalue weighted by molar-refractivity contribution is -0.0976. The smallest absolute Gasteiger partial charge is 0.100 e. The Morgan fingerprint density at radius 2 is 2.27 bits per heavy atom. The van der Waals surface area contributed by atoms with Gasteiger partial charge in [-0.05, 0) is 43.5 Å². The largest absolute Gasteiger partial charge is 0.376 e. The van der Waals surface area contributed by atoms with Crippen LogP contribution >= 0.6 is 43.2 Å². The summed E-state index contributed by atoms with van der Waals surface area (Å²) in [5.41, 5.74) is 7.21. The summed E-state index contributed by atoms with van der Waals surface area (Å²) in [6.07, 6.45) is -0.0449. The molecule has 1 aliphatic heterocycles. The van der Waals surface area contributed by atoms with Crippen molar-refractivity contribution in [3.63, 3.8) is 0 Å². The van der Waals surface area contributed by atoms with E-state index in [0.717, 1.165) is 13.1 Å². The molecule has 0 amide bonds. The fourth-order valence-corrected chi connectivity index (χ4v) is 4.45. The molecule has 2 unspecified atom stereocenters. The third-order valence-corrected chi connectivity index (χ3v) is 4.67. The van der Waals surface area contributed by atoms with Crippen LogP contribution in [0.4, 0.5) is 0 Å². The third kappa shape index (κ3) is 2.81. The molecule has 1 fully saturated rings. The first-order valence-electron chi connectivity index (χ1n) is 4.58. The van der Waals surface area contributed by atoms with Gasteiger partial charge in [-0.15, -0.1) is 11.3 Å². The zero-order valence-electron chi connectivity index (χ0n) is 7.91. The van der Waals surface area contributed by atoms with Crippen LogP contribution in [0.15, 0.2) is 13.6 Å². The molecule has 1 aliphatic rings. The van der Waals surface area contributed by atoms with Gasteiger partial charge in [-0.3, -0.25) is 0 Å². The number of hydrogen-bond acceptors (Lipinski definition) is 4. The van der Waals surface area contributed by atoms with Crippen LogP contribution in [0.25, 0.3) is 0 Å². The molecule has 84 valence electrons. The van der Waals surface area contributed by atoms with Gasteiger partial charge in [-0.2, -0.15) is 0 Å². The normalized spacial score (nSPS) is 24.1. The molecule has 0 saturated carbocycles. The van der Waals surface area contributed by atoms with Crippen LogP contribution in [-0.2, 0) is 9.47 Å². The minimum Gasteiger partial charge on any atom is -0.376 e. The van der Waals surface area contributed by atoms with Crippen molar-refractivity contribution in [3.8, 4) is 0 Å². The fourth-order valence-electron chi connectivity index (χ4n) is 1.49. The topological polar surface area (TPSA) is 44.5 Å². The minimum absolute atomic E-state index is 0.0449. The van der Waals surface area contributed by atoms with Crippen LogP contribution in [-0.4, -0.2) is 25.9 Å². The van der Waals surface area contributed by atoms with Gasteiger partial charge < -0.3 is 15.2 Å². The highest BCUT2D eigenvalue weighted by atomic mass is 79.9. The Labute approximate surface area is 109 Å². The van der Waals surface area contributed by atoms with Gasteiger partial charge in [-0.1, -0.05) is 0 Å². The average molecular weight is 357 g/mol. The molecule has 1 saturated heterocycles. The SMILES string of the molecule is NC(c1cc(Br)sc1Br)C1COCCO1. The maximum absolute atomic E-state index is 6.13. The van der Waals surface area contributed by atoms with Gasteiger partial charge in [0.25, 0.3) is 0 Å². The van der Waals surface area contributed by atoms with E-state index in [1.54, 1.807) is 11.3 Å². The number of thiophene rings is 1. The van der Waals surface area contributed by atoms with Crippen molar-refractivity contribution in [2.24, 2.45) is 5.73 Å². The second kappa shape index (κ2) is 5.25. The second-order valence-corrected chi connectivity index (χ2v) is 7.04. The number of rotatable bonds is 2. The average Bonchev–Trinajstić information content (AvgIpc) is 2.58. The van der Waals surface area contributed by atoms with Crippen molar-refractivity contribution in [2.45, 2.75) is 12.1 Å². The van der Waals surface area contributed by atoms with Gasteiger partial charge in [0.2, 0.25) is 0 Å². The molecular weight excluding hydrogens is 346 g/mol. The molecule has 2 rings (SSSR count). The Hall–Kier alpha value is 0.540. The summed E-state index contributed by atoms with van der Waals surface area (Å²) in [7, 11) is 0. The van der Waals surface area contributed by atoms with Gasteiger partial charge in [0, 0.05) is 0 Å². The molecule has 0 radical (unpaired) electrons. The van der Waals surface area contributed by atoms with E-state index in [4.69, 9.17) is 15.2 Å². The van der Waals surface area contributed by atoms with E-state index >= 15 is 0 Å². The second-order valence-electron chi connectivity index (χ2n) is 3.29. The molecule has 2 atom stereocenters. The summed E-state index contributed by atoms with van der Waals surface area (Å²) in [6, 6.07) is 1.89. The highest BCUT2D eigenvalue weighted by Crippen LogP contribution is 2.36. The maximum Gasteiger partial charge on any atom is 0.100 e. The number of nitrogens with two attached hydrogens (primary N) is 1. The minimum atomic E-state index is -0.137. The third-order valence-electron chi connectivity index (χ3n) is 2.28. The van der Waals surface area contributed by atoms with Crippen molar-refractivity contribution in [2.75, 3.05) is 19.8 Å². The maximum atomic E-state index is 6.13. The lowest BCUT2D eigenvalue weighted by Gasteiger charge is -2.27. The fraction of sp³-hybridized carbons (Fsp3) is 0.556. The van der Waals surface area contributed by atoms with Crippen molar-refractivity contribution in [3.05, 3.63) is 19.2 Å². The summed E-state index contributed by atoms with van der Waals surface area (Å²) in [5.74, 6) is 0. The molecular formula is C9H11Br2NO2S. The predicted molar refractivity (Wildman–Crippen MR) is 67.2 cm³/mol. The molecule has 0 aromatic carbocycles. The quantitative estimate of drug-likeness (QED) is 0.886. The molecule has 2 N–H and O–H groups in total. The lowest BCUT2D eigenvalue weighted by atomic mass is 10.1. The van der Waals surface area contributed by atoms with E-state index in [1.807, 2.05) is 6.07 Å². The van der Waals surface area contributed by atoms with Gasteiger partial charge in [0.15, 0.2) is 0 Å². The summed E-state index contributed by atoms with van der Waals surface area (Å²) in [6.45, 7) is 1.86. The highest BCUT2D eigenvalue weighted by molar-refractivity contribution is 9.12. The Morgan fingerprint density at radius 3 is 2.80 bits per heavy atom. The first-order chi connectivity index (χ1) is 7.18. The Bertz CT molecular complexity index is 339. The van der Waals surface area contributed by atoms with Crippen LogP contribution in [0.1, 0.15) is 11.6 Å². The molecule has 6 heteroatoms. The van der Waals surface area contributed by atoms with Crippen LogP contribution in [0.3, 0.4) is 0 Å². The van der Waals surface area contributed by atoms with Crippen molar-refractivity contribution < 1.29 is 9.47 Å². The summed E-state index contributed by atoms with van der Waals surface area (Å²) in [4.78, 5) is 0. The van der Waals surface area contributed by atoms with E-state index in [0.29, 0.717) is 19.8 Å². The summed E-state index contributed by atoms with van der Waals surface area (Å²) < 4.78 is 13.0. The highest BCUT2D eigenvalue weighted by Gasteiger charge is 2.25. The Morgan fingerprint density at radius 1 is 1.47 bits per heavy atom. The lowest BCUT2D eigenvalue weighted by Crippen LogP contribution is -2.37. The van der Waals surface area contributed by atoms with Crippen LogP contribution in [0.5, 0.6) is 0 Å².